The second kappa shape index (κ2) is 5.14. The molecule has 0 saturated carbocycles. The van der Waals surface area contributed by atoms with E-state index in [9.17, 15) is 9.90 Å². The second-order valence-corrected chi connectivity index (χ2v) is 6.40. The number of carbonyl (C=O) groups is 1. The minimum atomic E-state index is -0.626. The molecule has 1 fully saturated rings. The third-order valence-electron chi connectivity index (χ3n) is 2.96. The Labute approximate surface area is 121 Å². The first-order valence-corrected chi connectivity index (χ1v) is 6.94. The highest BCUT2D eigenvalue weighted by molar-refractivity contribution is 14.1. The van der Waals surface area contributed by atoms with Gasteiger partial charge in [-0.15, -0.1) is 0 Å². The van der Waals surface area contributed by atoms with Gasteiger partial charge in [-0.1, -0.05) is 0 Å². The van der Waals surface area contributed by atoms with Gasteiger partial charge in [0.05, 0.1) is 12.1 Å². The standard InChI is InChI=1S/C13H17IN2O2/c1-9-5-10(14)3-4-11(9)15-12(17)6-16-7-13(2,18)8-16/h3-5,18H,6-8H2,1-2H3,(H,15,17). The van der Waals surface area contributed by atoms with Crippen LogP contribution >= 0.6 is 22.6 Å². The summed E-state index contributed by atoms with van der Waals surface area (Å²) in [5, 5.41) is 12.5. The quantitative estimate of drug-likeness (QED) is 0.806. The van der Waals surface area contributed by atoms with E-state index < -0.39 is 5.60 Å². The molecule has 1 aromatic rings. The lowest BCUT2D eigenvalue weighted by molar-refractivity contribution is -0.125. The Morgan fingerprint density at radius 2 is 2.22 bits per heavy atom. The molecule has 0 unspecified atom stereocenters. The van der Waals surface area contributed by atoms with Crippen LogP contribution in [0.5, 0.6) is 0 Å². The van der Waals surface area contributed by atoms with E-state index in [4.69, 9.17) is 0 Å². The summed E-state index contributed by atoms with van der Waals surface area (Å²) in [5.41, 5.74) is 1.29. The van der Waals surface area contributed by atoms with Crippen molar-refractivity contribution in [3.05, 3.63) is 27.3 Å². The van der Waals surface area contributed by atoms with Crippen LogP contribution < -0.4 is 5.32 Å². The lowest BCUT2D eigenvalue weighted by Gasteiger charge is -2.43. The van der Waals surface area contributed by atoms with Crippen molar-refractivity contribution in [2.24, 2.45) is 0 Å². The Balaban J connectivity index is 1.88. The topological polar surface area (TPSA) is 52.6 Å². The number of hydrogen-bond donors (Lipinski definition) is 2. The molecule has 98 valence electrons. The van der Waals surface area contributed by atoms with E-state index in [1.54, 1.807) is 6.92 Å². The number of nitrogens with one attached hydrogen (secondary N) is 1. The van der Waals surface area contributed by atoms with Crippen LogP contribution in [0.3, 0.4) is 0 Å². The number of likely N-dealkylation sites (tertiary alicyclic amines) is 1. The maximum Gasteiger partial charge on any atom is 0.238 e. The van der Waals surface area contributed by atoms with Crippen molar-refractivity contribution in [1.29, 1.82) is 0 Å². The Morgan fingerprint density at radius 1 is 1.56 bits per heavy atom. The van der Waals surface area contributed by atoms with Gasteiger partial charge >= 0.3 is 0 Å². The molecule has 1 heterocycles. The van der Waals surface area contributed by atoms with Crippen molar-refractivity contribution in [3.8, 4) is 0 Å². The molecule has 1 aliphatic heterocycles. The van der Waals surface area contributed by atoms with Gasteiger partial charge in [0, 0.05) is 22.3 Å². The maximum absolute atomic E-state index is 11.8. The van der Waals surface area contributed by atoms with Gasteiger partial charge in [0.25, 0.3) is 0 Å². The molecule has 1 aromatic carbocycles. The average molecular weight is 360 g/mol. The molecule has 1 saturated heterocycles. The van der Waals surface area contributed by atoms with Gasteiger partial charge in [-0.05, 0) is 60.2 Å². The van der Waals surface area contributed by atoms with Gasteiger partial charge in [0.2, 0.25) is 5.91 Å². The normalized spacial score (nSPS) is 18.2. The van der Waals surface area contributed by atoms with Gasteiger partial charge in [0.15, 0.2) is 0 Å². The van der Waals surface area contributed by atoms with E-state index >= 15 is 0 Å². The molecule has 0 atom stereocenters. The summed E-state index contributed by atoms with van der Waals surface area (Å²) in [7, 11) is 0. The van der Waals surface area contributed by atoms with E-state index in [-0.39, 0.29) is 5.91 Å². The minimum Gasteiger partial charge on any atom is -0.388 e. The van der Waals surface area contributed by atoms with Gasteiger partial charge in [-0.2, -0.15) is 0 Å². The molecule has 1 amide bonds. The lowest BCUT2D eigenvalue weighted by atomic mass is 9.97. The Morgan fingerprint density at radius 3 is 2.78 bits per heavy atom. The molecule has 0 spiro atoms. The highest BCUT2D eigenvalue weighted by Crippen LogP contribution is 2.20. The van der Waals surface area contributed by atoms with Crippen molar-refractivity contribution >= 4 is 34.2 Å². The lowest BCUT2D eigenvalue weighted by Crippen LogP contribution is -2.61. The first-order valence-electron chi connectivity index (χ1n) is 5.86. The van der Waals surface area contributed by atoms with E-state index in [1.165, 1.54) is 0 Å². The van der Waals surface area contributed by atoms with Crippen LogP contribution in [0.15, 0.2) is 18.2 Å². The summed E-state index contributed by atoms with van der Waals surface area (Å²) in [6.07, 6.45) is 0. The van der Waals surface area contributed by atoms with Crippen LogP contribution in [-0.4, -0.2) is 41.1 Å². The van der Waals surface area contributed by atoms with E-state index in [0.29, 0.717) is 19.6 Å². The number of β-amino-alcohol motifs (C(OH)–C–C–N with tert-alkyl or cyclic N) is 1. The van der Waals surface area contributed by atoms with Crippen LogP contribution in [-0.2, 0) is 4.79 Å². The zero-order valence-electron chi connectivity index (χ0n) is 10.5. The highest BCUT2D eigenvalue weighted by Gasteiger charge is 2.37. The molecule has 0 aromatic heterocycles. The van der Waals surface area contributed by atoms with Gasteiger partial charge in [-0.3, -0.25) is 9.69 Å². The van der Waals surface area contributed by atoms with Gasteiger partial charge in [0.1, 0.15) is 0 Å². The molecular formula is C13H17IN2O2. The zero-order chi connectivity index (χ0) is 13.3. The zero-order valence-corrected chi connectivity index (χ0v) is 12.7. The third kappa shape index (κ3) is 3.43. The Kier molecular flexibility index (Phi) is 3.93. The number of rotatable bonds is 3. The minimum absolute atomic E-state index is 0.0326. The van der Waals surface area contributed by atoms with Crippen LogP contribution in [0.2, 0.25) is 0 Å². The number of nitrogens with zero attached hydrogens (tertiary/aromatic N) is 1. The fourth-order valence-electron chi connectivity index (χ4n) is 2.19. The number of benzene rings is 1. The Bertz CT molecular complexity index is 466. The molecule has 0 bridgehead atoms. The molecular weight excluding hydrogens is 343 g/mol. The predicted octanol–water partition coefficient (Wildman–Crippen LogP) is 1.60. The first kappa shape index (κ1) is 13.8. The summed E-state index contributed by atoms with van der Waals surface area (Å²) in [5.74, 6) is -0.0326. The molecule has 18 heavy (non-hydrogen) atoms. The summed E-state index contributed by atoms with van der Waals surface area (Å²) in [6, 6.07) is 5.92. The number of aliphatic hydroxyl groups is 1. The third-order valence-corrected chi connectivity index (χ3v) is 3.63. The second-order valence-electron chi connectivity index (χ2n) is 5.15. The van der Waals surface area contributed by atoms with Crippen molar-refractivity contribution in [2.75, 3.05) is 25.0 Å². The predicted molar refractivity (Wildman–Crippen MR) is 79.6 cm³/mol. The number of hydrogen-bond acceptors (Lipinski definition) is 3. The summed E-state index contributed by atoms with van der Waals surface area (Å²) < 4.78 is 1.15. The molecule has 2 rings (SSSR count). The highest BCUT2D eigenvalue weighted by atomic mass is 127. The number of aryl methyl sites for hydroxylation is 1. The number of halogens is 1. The summed E-state index contributed by atoms with van der Waals surface area (Å²) in [6.45, 7) is 5.22. The van der Waals surface area contributed by atoms with Crippen LogP contribution in [0.4, 0.5) is 5.69 Å². The monoisotopic (exact) mass is 360 g/mol. The smallest absolute Gasteiger partial charge is 0.238 e. The molecule has 5 heteroatoms. The first-order chi connectivity index (χ1) is 8.35. The fraction of sp³-hybridized carbons (Fsp3) is 0.462. The van der Waals surface area contributed by atoms with E-state index in [2.05, 4.69) is 27.9 Å². The summed E-state index contributed by atoms with van der Waals surface area (Å²) in [4.78, 5) is 13.8. The van der Waals surface area contributed by atoms with Crippen molar-refractivity contribution in [3.63, 3.8) is 0 Å². The molecule has 2 N–H and O–H groups in total. The Hall–Kier alpha value is -0.660. The molecule has 4 nitrogen and oxygen atoms in total. The largest absolute Gasteiger partial charge is 0.388 e. The van der Waals surface area contributed by atoms with Crippen molar-refractivity contribution in [2.45, 2.75) is 19.4 Å². The van der Waals surface area contributed by atoms with Gasteiger partial charge < -0.3 is 10.4 Å². The van der Waals surface area contributed by atoms with Crippen molar-refractivity contribution < 1.29 is 9.90 Å². The van der Waals surface area contributed by atoms with Crippen LogP contribution in [0.25, 0.3) is 0 Å². The molecule has 1 aliphatic rings. The number of amides is 1. The number of carbonyl (C=O) groups excluding carboxylic acids is 1. The maximum atomic E-state index is 11.8. The van der Waals surface area contributed by atoms with Gasteiger partial charge in [-0.25, -0.2) is 0 Å². The SMILES string of the molecule is Cc1cc(I)ccc1NC(=O)CN1CC(C)(O)C1. The molecule has 0 aliphatic carbocycles. The fourth-order valence-corrected chi connectivity index (χ4v) is 2.84. The molecule has 0 radical (unpaired) electrons. The van der Waals surface area contributed by atoms with E-state index in [0.717, 1.165) is 14.8 Å². The van der Waals surface area contributed by atoms with Crippen LogP contribution in [0.1, 0.15) is 12.5 Å². The van der Waals surface area contributed by atoms with E-state index in [1.807, 2.05) is 30.0 Å². The summed E-state index contributed by atoms with van der Waals surface area (Å²) >= 11 is 2.25. The average Bonchev–Trinajstić information content (AvgIpc) is 2.19. The van der Waals surface area contributed by atoms with Crippen LogP contribution in [0, 0.1) is 10.5 Å². The van der Waals surface area contributed by atoms with Crippen molar-refractivity contribution in [1.82, 2.24) is 4.90 Å². The number of anilines is 1.